The van der Waals surface area contributed by atoms with Crippen molar-refractivity contribution in [2.45, 2.75) is 71.2 Å². The number of aryl methyl sites for hydroxylation is 2. The van der Waals surface area contributed by atoms with Gasteiger partial charge in [-0.3, -0.25) is 4.68 Å². The van der Waals surface area contributed by atoms with Crippen LogP contribution in [0.4, 0.5) is 0 Å². The van der Waals surface area contributed by atoms with Gasteiger partial charge in [-0.05, 0) is 50.9 Å². The molecule has 1 heterocycles. The molecule has 0 aliphatic heterocycles. The first-order valence-electron chi connectivity index (χ1n) is 7.98. The number of alkyl halides is 1. The summed E-state index contributed by atoms with van der Waals surface area (Å²) >= 11 is 13.1. The van der Waals surface area contributed by atoms with Crippen LogP contribution in [0, 0.1) is 11.8 Å². The first kappa shape index (κ1) is 16.2. The molecule has 1 saturated carbocycles. The molecule has 4 heteroatoms. The highest BCUT2D eigenvalue weighted by Gasteiger charge is 2.30. The van der Waals surface area contributed by atoms with Crippen LogP contribution in [0.5, 0.6) is 0 Å². The summed E-state index contributed by atoms with van der Waals surface area (Å²) in [5, 5.41) is 5.78. The molecule has 1 aliphatic carbocycles. The number of halogens is 2. The summed E-state index contributed by atoms with van der Waals surface area (Å²) in [5.74, 6) is 1.37. The average Bonchev–Trinajstić information content (AvgIpc) is 2.77. The quantitative estimate of drug-likeness (QED) is 0.691. The van der Waals surface area contributed by atoms with Crippen molar-refractivity contribution >= 4 is 23.2 Å². The van der Waals surface area contributed by atoms with Gasteiger partial charge in [0, 0.05) is 11.9 Å². The molecule has 20 heavy (non-hydrogen) atoms. The van der Waals surface area contributed by atoms with E-state index in [1.54, 1.807) is 0 Å². The second-order valence-corrected chi connectivity index (χ2v) is 6.88. The van der Waals surface area contributed by atoms with Crippen molar-refractivity contribution in [3.05, 3.63) is 16.4 Å². The first-order chi connectivity index (χ1) is 9.60. The molecule has 0 bridgehead atoms. The van der Waals surface area contributed by atoms with Gasteiger partial charge in [0.15, 0.2) is 0 Å². The maximum atomic E-state index is 6.57. The van der Waals surface area contributed by atoms with Gasteiger partial charge in [0.1, 0.15) is 0 Å². The highest BCUT2D eigenvalue weighted by molar-refractivity contribution is 6.31. The zero-order valence-corrected chi connectivity index (χ0v) is 14.3. The van der Waals surface area contributed by atoms with Crippen LogP contribution in [-0.2, 0) is 19.4 Å². The lowest BCUT2D eigenvalue weighted by molar-refractivity contribution is 0.261. The molecule has 2 rings (SSSR count). The SMILES string of the molecule is CCc1nn(CC)c(CC2CC(CC)CCC2Cl)c1Cl. The molecule has 3 unspecified atom stereocenters. The van der Waals surface area contributed by atoms with Gasteiger partial charge in [0.2, 0.25) is 0 Å². The molecule has 1 fully saturated rings. The third-order valence-corrected chi connectivity index (χ3v) is 5.74. The second-order valence-electron chi connectivity index (χ2n) is 5.94. The Bertz CT molecular complexity index is 442. The van der Waals surface area contributed by atoms with Crippen LogP contribution in [0.15, 0.2) is 0 Å². The monoisotopic (exact) mass is 316 g/mol. The van der Waals surface area contributed by atoms with E-state index in [-0.39, 0.29) is 0 Å². The average molecular weight is 317 g/mol. The Morgan fingerprint density at radius 3 is 2.60 bits per heavy atom. The lowest BCUT2D eigenvalue weighted by atomic mass is 9.78. The maximum Gasteiger partial charge on any atom is 0.0849 e. The van der Waals surface area contributed by atoms with Gasteiger partial charge in [0.05, 0.1) is 16.4 Å². The van der Waals surface area contributed by atoms with Gasteiger partial charge in [-0.1, -0.05) is 31.9 Å². The van der Waals surface area contributed by atoms with E-state index in [0.717, 1.165) is 42.4 Å². The van der Waals surface area contributed by atoms with Crippen LogP contribution in [0.2, 0.25) is 5.02 Å². The lowest BCUT2D eigenvalue weighted by Gasteiger charge is -2.32. The van der Waals surface area contributed by atoms with Crippen molar-refractivity contribution in [2.24, 2.45) is 11.8 Å². The Morgan fingerprint density at radius 2 is 2.00 bits per heavy atom. The van der Waals surface area contributed by atoms with Gasteiger partial charge in [-0.25, -0.2) is 0 Å². The fourth-order valence-electron chi connectivity index (χ4n) is 3.37. The number of nitrogens with zero attached hydrogens (tertiary/aromatic N) is 2. The highest BCUT2D eigenvalue weighted by Crippen LogP contribution is 2.37. The topological polar surface area (TPSA) is 17.8 Å². The Kier molecular flexibility index (Phi) is 5.80. The summed E-state index contributed by atoms with van der Waals surface area (Å²) in [7, 11) is 0. The zero-order valence-electron chi connectivity index (χ0n) is 12.8. The Labute approximate surface area is 132 Å². The van der Waals surface area contributed by atoms with Crippen molar-refractivity contribution in [2.75, 3.05) is 0 Å². The van der Waals surface area contributed by atoms with Crippen LogP contribution in [0.3, 0.4) is 0 Å². The maximum absolute atomic E-state index is 6.57. The molecule has 114 valence electrons. The molecule has 1 aromatic rings. The summed E-state index contributed by atoms with van der Waals surface area (Å²) in [6, 6.07) is 0. The fourth-order valence-corrected chi connectivity index (χ4v) is 4.03. The number of hydrogen-bond donors (Lipinski definition) is 0. The van der Waals surface area contributed by atoms with Crippen molar-refractivity contribution in [1.82, 2.24) is 9.78 Å². The van der Waals surface area contributed by atoms with E-state index in [9.17, 15) is 0 Å². The van der Waals surface area contributed by atoms with E-state index in [2.05, 4.69) is 30.6 Å². The van der Waals surface area contributed by atoms with Crippen LogP contribution in [0.1, 0.15) is 57.8 Å². The molecule has 0 aromatic carbocycles. The van der Waals surface area contributed by atoms with Crippen LogP contribution < -0.4 is 0 Å². The van der Waals surface area contributed by atoms with Crippen LogP contribution in [-0.4, -0.2) is 15.2 Å². The molecular formula is C16H26Cl2N2. The van der Waals surface area contributed by atoms with Gasteiger partial charge >= 0.3 is 0 Å². The molecule has 0 N–H and O–H groups in total. The third kappa shape index (κ3) is 3.33. The lowest BCUT2D eigenvalue weighted by Crippen LogP contribution is -2.27. The van der Waals surface area contributed by atoms with E-state index >= 15 is 0 Å². The van der Waals surface area contributed by atoms with Gasteiger partial charge in [-0.15, -0.1) is 11.6 Å². The molecule has 0 radical (unpaired) electrons. The van der Waals surface area contributed by atoms with Crippen LogP contribution in [0.25, 0.3) is 0 Å². The molecule has 0 saturated heterocycles. The molecule has 0 amide bonds. The molecular weight excluding hydrogens is 291 g/mol. The predicted octanol–water partition coefficient (Wildman–Crippen LogP) is 5.10. The molecule has 2 nitrogen and oxygen atoms in total. The van der Waals surface area contributed by atoms with Crippen molar-refractivity contribution < 1.29 is 0 Å². The van der Waals surface area contributed by atoms with E-state index in [4.69, 9.17) is 23.2 Å². The van der Waals surface area contributed by atoms with E-state index in [1.165, 1.54) is 25.0 Å². The van der Waals surface area contributed by atoms with Crippen LogP contribution >= 0.6 is 23.2 Å². The fraction of sp³-hybridized carbons (Fsp3) is 0.812. The van der Waals surface area contributed by atoms with Crippen molar-refractivity contribution in [3.8, 4) is 0 Å². The molecule has 3 atom stereocenters. The van der Waals surface area contributed by atoms with E-state index < -0.39 is 0 Å². The zero-order chi connectivity index (χ0) is 14.7. The van der Waals surface area contributed by atoms with Crippen molar-refractivity contribution in [1.29, 1.82) is 0 Å². The standard InChI is InChI=1S/C16H26Cl2N2/c1-4-11-7-8-13(17)12(9-11)10-15-16(18)14(5-2)19-20(15)6-3/h11-13H,4-10H2,1-3H3. The van der Waals surface area contributed by atoms with Gasteiger partial charge in [-0.2, -0.15) is 5.10 Å². The predicted molar refractivity (Wildman–Crippen MR) is 86.8 cm³/mol. The minimum Gasteiger partial charge on any atom is -0.268 e. The normalized spacial score (nSPS) is 26.9. The second kappa shape index (κ2) is 7.17. The first-order valence-corrected chi connectivity index (χ1v) is 8.80. The smallest absolute Gasteiger partial charge is 0.0849 e. The third-order valence-electron chi connectivity index (χ3n) is 4.73. The van der Waals surface area contributed by atoms with E-state index in [1.807, 2.05) is 0 Å². The van der Waals surface area contributed by atoms with Crippen molar-refractivity contribution in [3.63, 3.8) is 0 Å². The minimum atomic E-state index is 0.291. The molecule has 0 spiro atoms. The van der Waals surface area contributed by atoms with Gasteiger partial charge < -0.3 is 0 Å². The molecule has 1 aliphatic rings. The summed E-state index contributed by atoms with van der Waals surface area (Å²) in [6.45, 7) is 7.40. The number of rotatable bonds is 5. The van der Waals surface area contributed by atoms with E-state index in [0.29, 0.717) is 11.3 Å². The highest BCUT2D eigenvalue weighted by atomic mass is 35.5. The Balaban J connectivity index is 2.17. The largest absolute Gasteiger partial charge is 0.268 e. The minimum absolute atomic E-state index is 0.291. The summed E-state index contributed by atoms with van der Waals surface area (Å²) in [6.07, 6.45) is 6.79. The number of hydrogen-bond acceptors (Lipinski definition) is 1. The summed E-state index contributed by atoms with van der Waals surface area (Å²) in [4.78, 5) is 0. The summed E-state index contributed by atoms with van der Waals surface area (Å²) in [5.41, 5.74) is 2.22. The Hall–Kier alpha value is -0.210. The number of aromatic nitrogens is 2. The summed E-state index contributed by atoms with van der Waals surface area (Å²) < 4.78 is 2.07. The molecule has 1 aromatic heterocycles. The Morgan fingerprint density at radius 1 is 1.25 bits per heavy atom. The van der Waals surface area contributed by atoms with Gasteiger partial charge in [0.25, 0.3) is 0 Å².